The number of aryl methyl sites for hydroxylation is 1. The first-order valence-electron chi connectivity index (χ1n) is 9.39. The number of hydrogen-bond donors (Lipinski definition) is 1. The Labute approximate surface area is 169 Å². The van der Waals surface area contributed by atoms with Crippen LogP contribution in [0.15, 0.2) is 48.5 Å². The number of piperidine rings is 1. The Morgan fingerprint density at radius 2 is 1.83 bits per heavy atom. The van der Waals surface area contributed by atoms with Crippen molar-refractivity contribution in [2.75, 3.05) is 18.6 Å². The number of carbonyl (C=O) groups is 3. The third kappa shape index (κ3) is 4.39. The van der Waals surface area contributed by atoms with E-state index in [4.69, 9.17) is 15.2 Å². The topological polar surface area (TPSA) is 98.9 Å². The van der Waals surface area contributed by atoms with Gasteiger partial charge in [0.2, 0.25) is 5.91 Å². The minimum atomic E-state index is -0.727. The van der Waals surface area contributed by atoms with Crippen molar-refractivity contribution in [2.45, 2.75) is 25.8 Å². The van der Waals surface area contributed by atoms with Crippen molar-refractivity contribution in [3.63, 3.8) is 0 Å². The van der Waals surface area contributed by atoms with Gasteiger partial charge in [0.1, 0.15) is 5.75 Å². The number of carbonyl (C=O) groups excluding carboxylic acids is 3. The van der Waals surface area contributed by atoms with E-state index in [1.807, 2.05) is 49.4 Å². The standard InChI is InChI=1S/C22H24N2O5/c1-14-7-9-15(10-8-14)24-20(26)12-11-17(22(27)29-13-19(23)25)21(24)16-5-3-4-6-18(16)28-2/h3-10,17,21H,11-13H2,1-2H3,(H2,23,25)/t17-,21-/m0/s1. The summed E-state index contributed by atoms with van der Waals surface area (Å²) in [5, 5.41) is 0. The Hall–Kier alpha value is -3.35. The third-order valence-corrected chi connectivity index (χ3v) is 5.03. The number of anilines is 1. The molecule has 0 aliphatic carbocycles. The predicted molar refractivity (Wildman–Crippen MR) is 107 cm³/mol. The van der Waals surface area contributed by atoms with E-state index in [-0.39, 0.29) is 12.3 Å². The van der Waals surface area contributed by atoms with E-state index in [0.717, 1.165) is 5.56 Å². The van der Waals surface area contributed by atoms with Crippen LogP contribution in [0.4, 0.5) is 5.69 Å². The highest BCUT2D eigenvalue weighted by molar-refractivity contribution is 5.97. The lowest BCUT2D eigenvalue weighted by Crippen LogP contribution is -2.46. The molecule has 1 saturated heterocycles. The summed E-state index contributed by atoms with van der Waals surface area (Å²) in [6, 6.07) is 14.2. The molecule has 7 nitrogen and oxygen atoms in total. The molecule has 152 valence electrons. The summed E-state index contributed by atoms with van der Waals surface area (Å²) in [5.74, 6) is -1.48. The molecule has 0 bridgehead atoms. The number of rotatable bonds is 6. The van der Waals surface area contributed by atoms with E-state index < -0.39 is 30.4 Å². The molecule has 29 heavy (non-hydrogen) atoms. The molecule has 3 rings (SSSR count). The monoisotopic (exact) mass is 396 g/mol. The van der Waals surface area contributed by atoms with Crippen LogP contribution >= 0.6 is 0 Å². The zero-order valence-corrected chi connectivity index (χ0v) is 16.5. The highest BCUT2D eigenvalue weighted by Gasteiger charge is 2.43. The molecule has 0 unspecified atom stereocenters. The van der Waals surface area contributed by atoms with Crippen LogP contribution in [-0.2, 0) is 19.1 Å². The average Bonchev–Trinajstić information content (AvgIpc) is 2.72. The van der Waals surface area contributed by atoms with Crippen LogP contribution in [0.5, 0.6) is 5.75 Å². The van der Waals surface area contributed by atoms with Gasteiger partial charge < -0.3 is 20.1 Å². The van der Waals surface area contributed by atoms with E-state index in [1.54, 1.807) is 18.1 Å². The van der Waals surface area contributed by atoms with Gasteiger partial charge in [-0.2, -0.15) is 0 Å². The summed E-state index contributed by atoms with van der Waals surface area (Å²) in [7, 11) is 1.54. The van der Waals surface area contributed by atoms with Crippen LogP contribution in [0.1, 0.15) is 30.0 Å². The number of ether oxygens (including phenoxy) is 2. The summed E-state index contributed by atoms with van der Waals surface area (Å²) >= 11 is 0. The molecule has 2 aromatic carbocycles. The Morgan fingerprint density at radius 3 is 2.48 bits per heavy atom. The lowest BCUT2D eigenvalue weighted by molar-refractivity contribution is -0.154. The number of para-hydroxylation sites is 1. The summed E-state index contributed by atoms with van der Waals surface area (Å²) < 4.78 is 10.6. The number of esters is 1. The van der Waals surface area contributed by atoms with Gasteiger partial charge in [0, 0.05) is 17.7 Å². The van der Waals surface area contributed by atoms with Crippen LogP contribution in [-0.4, -0.2) is 31.5 Å². The van der Waals surface area contributed by atoms with Crippen LogP contribution in [0.3, 0.4) is 0 Å². The van der Waals surface area contributed by atoms with Gasteiger partial charge in [-0.3, -0.25) is 14.4 Å². The smallest absolute Gasteiger partial charge is 0.311 e. The number of methoxy groups -OCH3 is 1. The summed E-state index contributed by atoms with van der Waals surface area (Å²) in [5.41, 5.74) is 7.56. The van der Waals surface area contributed by atoms with Gasteiger partial charge in [0.05, 0.1) is 19.1 Å². The lowest BCUT2D eigenvalue weighted by Gasteiger charge is -2.40. The largest absolute Gasteiger partial charge is 0.496 e. The lowest BCUT2D eigenvalue weighted by atomic mass is 9.83. The molecule has 0 saturated carbocycles. The molecular formula is C22H24N2O5. The summed E-state index contributed by atoms with van der Waals surface area (Å²) in [4.78, 5) is 38.5. The first kappa shape index (κ1) is 20.4. The van der Waals surface area contributed by atoms with E-state index in [1.165, 1.54) is 0 Å². The van der Waals surface area contributed by atoms with Gasteiger partial charge in [-0.25, -0.2) is 0 Å². The molecule has 1 aliphatic heterocycles. The zero-order chi connectivity index (χ0) is 21.0. The summed E-state index contributed by atoms with van der Waals surface area (Å²) in [6.45, 7) is 1.47. The molecule has 2 atom stereocenters. The van der Waals surface area contributed by atoms with Gasteiger partial charge in [0.25, 0.3) is 5.91 Å². The van der Waals surface area contributed by atoms with E-state index in [9.17, 15) is 14.4 Å². The fraction of sp³-hybridized carbons (Fsp3) is 0.318. The van der Waals surface area contributed by atoms with Gasteiger partial charge >= 0.3 is 5.97 Å². The molecule has 2 amide bonds. The fourth-order valence-electron chi connectivity index (χ4n) is 3.66. The SMILES string of the molecule is COc1ccccc1[C@H]1[C@@H](C(=O)OCC(N)=O)CCC(=O)N1c1ccc(C)cc1. The highest BCUT2D eigenvalue weighted by atomic mass is 16.5. The Morgan fingerprint density at radius 1 is 1.14 bits per heavy atom. The Kier molecular flexibility index (Phi) is 6.16. The third-order valence-electron chi connectivity index (χ3n) is 5.03. The van der Waals surface area contributed by atoms with E-state index in [2.05, 4.69) is 0 Å². The second-order valence-corrected chi connectivity index (χ2v) is 7.01. The molecule has 0 radical (unpaired) electrons. The number of hydrogen-bond acceptors (Lipinski definition) is 5. The first-order valence-corrected chi connectivity index (χ1v) is 9.39. The van der Waals surface area contributed by atoms with Crippen molar-refractivity contribution in [3.05, 3.63) is 59.7 Å². The minimum Gasteiger partial charge on any atom is -0.496 e. The number of nitrogens with two attached hydrogens (primary N) is 1. The molecule has 1 fully saturated rings. The minimum absolute atomic E-state index is 0.0938. The first-order chi connectivity index (χ1) is 13.9. The highest BCUT2D eigenvalue weighted by Crippen LogP contribution is 2.43. The van der Waals surface area contributed by atoms with Crippen LogP contribution in [0.25, 0.3) is 0 Å². The van der Waals surface area contributed by atoms with E-state index >= 15 is 0 Å². The van der Waals surface area contributed by atoms with Gasteiger partial charge in [-0.15, -0.1) is 0 Å². The molecule has 0 spiro atoms. The number of nitrogens with zero attached hydrogens (tertiary/aromatic N) is 1. The van der Waals surface area contributed by atoms with Gasteiger partial charge in [0.15, 0.2) is 6.61 Å². The number of primary amides is 1. The number of benzene rings is 2. The summed E-state index contributed by atoms with van der Waals surface area (Å²) in [6.07, 6.45) is 0.497. The van der Waals surface area contributed by atoms with Crippen LogP contribution < -0.4 is 15.4 Å². The maximum absolute atomic E-state index is 13.0. The fourth-order valence-corrected chi connectivity index (χ4v) is 3.66. The second kappa shape index (κ2) is 8.77. The quantitative estimate of drug-likeness (QED) is 0.757. The van der Waals surface area contributed by atoms with Gasteiger partial charge in [-0.1, -0.05) is 35.9 Å². The molecule has 7 heteroatoms. The molecule has 2 aromatic rings. The van der Waals surface area contributed by atoms with Crippen molar-refractivity contribution in [1.29, 1.82) is 0 Å². The molecular weight excluding hydrogens is 372 g/mol. The van der Waals surface area contributed by atoms with Crippen molar-refractivity contribution < 1.29 is 23.9 Å². The molecule has 0 aromatic heterocycles. The van der Waals surface area contributed by atoms with Gasteiger partial charge in [-0.05, 0) is 31.5 Å². The van der Waals surface area contributed by atoms with Crippen molar-refractivity contribution in [2.24, 2.45) is 11.7 Å². The number of amides is 2. The average molecular weight is 396 g/mol. The Balaban J connectivity index is 2.08. The molecule has 1 heterocycles. The van der Waals surface area contributed by atoms with Crippen LogP contribution in [0, 0.1) is 12.8 Å². The normalized spacial score (nSPS) is 19.0. The maximum Gasteiger partial charge on any atom is 0.311 e. The maximum atomic E-state index is 13.0. The molecule has 1 aliphatic rings. The molecule has 2 N–H and O–H groups in total. The predicted octanol–water partition coefficient (Wildman–Crippen LogP) is 2.52. The van der Waals surface area contributed by atoms with E-state index in [0.29, 0.717) is 23.4 Å². The van der Waals surface area contributed by atoms with Crippen molar-refractivity contribution in [1.82, 2.24) is 0 Å². The van der Waals surface area contributed by atoms with Crippen LogP contribution in [0.2, 0.25) is 0 Å². The van der Waals surface area contributed by atoms with Crippen molar-refractivity contribution >= 4 is 23.5 Å². The van der Waals surface area contributed by atoms with Crippen molar-refractivity contribution in [3.8, 4) is 5.75 Å². The zero-order valence-electron chi connectivity index (χ0n) is 16.5. The second-order valence-electron chi connectivity index (χ2n) is 7.01. The Bertz CT molecular complexity index is 910.